The van der Waals surface area contributed by atoms with E-state index in [1.807, 2.05) is 0 Å². The zero-order valence-electron chi connectivity index (χ0n) is 9.60. The normalized spacial score (nSPS) is 27.8. The van der Waals surface area contributed by atoms with Crippen molar-refractivity contribution in [3.05, 3.63) is 34.1 Å². The van der Waals surface area contributed by atoms with Crippen molar-refractivity contribution in [3.63, 3.8) is 0 Å². The number of benzene rings is 1. The van der Waals surface area contributed by atoms with Crippen LogP contribution in [0.15, 0.2) is 24.3 Å². The van der Waals surface area contributed by atoms with E-state index in [0.717, 1.165) is 9.52 Å². The molecule has 1 atom stereocenters. The molecule has 84 valence electrons. The third-order valence-electron chi connectivity index (χ3n) is 3.49. The van der Waals surface area contributed by atoms with Crippen LogP contribution in [0.1, 0.15) is 20.8 Å². The van der Waals surface area contributed by atoms with Crippen molar-refractivity contribution in [2.75, 3.05) is 0 Å². The molecule has 0 aliphatic carbocycles. The Morgan fingerprint density at radius 1 is 1.00 bits per heavy atom. The molecule has 0 saturated carbocycles. The Kier molecular flexibility index (Phi) is 2.00. The summed E-state index contributed by atoms with van der Waals surface area (Å²) < 4.78 is 1.54. The number of rotatable bonds is 0. The highest BCUT2D eigenvalue weighted by Gasteiger charge is 2.68. The van der Waals surface area contributed by atoms with E-state index in [9.17, 15) is 9.81 Å². The Balaban J connectivity index is 2.76. The summed E-state index contributed by atoms with van der Waals surface area (Å²) in [5.41, 5.74) is 4.42. The van der Waals surface area contributed by atoms with E-state index in [1.165, 1.54) is 0 Å². The Bertz CT molecular complexity index is 447. The molecule has 16 heavy (non-hydrogen) atoms. The molecular formula is C11H15N3O2+2. The largest absolute Gasteiger partial charge is 0.333 e. The minimum absolute atomic E-state index is 0.321. The first-order chi connectivity index (χ1) is 7.30. The van der Waals surface area contributed by atoms with Gasteiger partial charge in [0.25, 0.3) is 5.54 Å². The smallest absolute Gasteiger partial charge is 0.260 e. The van der Waals surface area contributed by atoms with Crippen molar-refractivity contribution >= 4 is 11.4 Å². The Morgan fingerprint density at radius 3 is 1.94 bits per heavy atom. The van der Waals surface area contributed by atoms with E-state index in [1.54, 1.807) is 45.0 Å². The summed E-state index contributed by atoms with van der Waals surface area (Å²) in [4.78, 5) is 24.3. The number of nitrogens with zero attached hydrogens (tertiary/aromatic N) is 2. The number of hydrogen-bond acceptors (Lipinski definition) is 3. The molecule has 5 nitrogen and oxygen atoms in total. The van der Waals surface area contributed by atoms with Crippen molar-refractivity contribution in [2.24, 2.45) is 5.73 Å². The molecule has 0 spiro atoms. The second kappa shape index (κ2) is 2.95. The molecule has 1 unspecified atom stereocenters. The first-order valence-corrected chi connectivity index (χ1v) is 5.13. The summed E-state index contributed by atoms with van der Waals surface area (Å²) in [5.74, 6) is 0. The molecule has 0 bridgehead atoms. The van der Waals surface area contributed by atoms with Gasteiger partial charge in [0.05, 0.1) is 9.52 Å². The van der Waals surface area contributed by atoms with Crippen LogP contribution in [0.3, 0.4) is 0 Å². The highest BCUT2D eigenvalue weighted by Crippen LogP contribution is 2.42. The first-order valence-electron chi connectivity index (χ1n) is 5.13. The van der Waals surface area contributed by atoms with Crippen molar-refractivity contribution in [2.45, 2.75) is 32.0 Å². The van der Waals surface area contributed by atoms with Crippen LogP contribution in [-0.2, 0) is 0 Å². The summed E-state index contributed by atoms with van der Waals surface area (Å²) in [6.07, 6.45) is 0. The van der Waals surface area contributed by atoms with E-state index in [2.05, 4.69) is 0 Å². The maximum Gasteiger partial charge on any atom is 0.333 e. The predicted octanol–water partition coefficient (Wildman–Crippen LogP) is 1.97. The van der Waals surface area contributed by atoms with Crippen LogP contribution < -0.4 is 5.73 Å². The second-order valence-electron chi connectivity index (χ2n) is 4.78. The number of hydrogen-bond donors (Lipinski definition) is 1. The molecule has 5 heteroatoms. The van der Waals surface area contributed by atoms with Crippen molar-refractivity contribution in [1.82, 2.24) is 0 Å². The van der Waals surface area contributed by atoms with Crippen molar-refractivity contribution in [3.8, 4) is 0 Å². The molecule has 2 N–H and O–H groups in total. The third kappa shape index (κ3) is 1.09. The molecule has 0 fully saturated rings. The maximum atomic E-state index is 12.2. The number of fused-ring (bicyclic) bond motifs is 1. The van der Waals surface area contributed by atoms with Gasteiger partial charge in [-0.1, -0.05) is 12.1 Å². The molecule has 0 saturated heterocycles. The van der Waals surface area contributed by atoms with E-state index < -0.39 is 11.2 Å². The molecule has 0 aromatic heterocycles. The van der Waals surface area contributed by atoms with Gasteiger partial charge in [-0.2, -0.15) is 0 Å². The fourth-order valence-corrected chi connectivity index (χ4v) is 1.81. The predicted molar refractivity (Wildman–Crippen MR) is 59.7 cm³/mol. The van der Waals surface area contributed by atoms with Crippen LogP contribution in [0, 0.1) is 9.81 Å². The quantitative estimate of drug-likeness (QED) is 0.681. The van der Waals surface area contributed by atoms with Crippen LogP contribution in [0.4, 0.5) is 11.4 Å². The zero-order valence-corrected chi connectivity index (χ0v) is 9.60. The van der Waals surface area contributed by atoms with Gasteiger partial charge in [-0.3, -0.25) is 5.73 Å². The fraction of sp³-hybridized carbons (Fsp3) is 0.455. The van der Waals surface area contributed by atoms with Gasteiger partial charge in [0.1, 0.15) is 0 Å². The Labute approximate surface area is 93.4 Å². The molecule has 1 aromatic rings. The monoisotopic (exact) mass is 221 g/mol. The number of para-hydroxylation sites is 2. The summed E-state index contributed by atoms with van der Waals surface area (Å²) in [6.45, 7) is 4.91. The topological polar surface area (TPSA) is 66.2 Å². The lowest BCUT2D eigenvalue weighted by molar-refractivity contribution is -0.689. The molecule has 1 aliphatic rings. The van der Waals surface area contributed by atoms with Gasteiger partial charge in [0.2, 0.25) is 0 Å². The van der Waals surface area contributed by atoms with E-state index in [4.69, 9.17) is 5.73 Å². The lowest BCUT2D eigenvalue weighted by Crippen LogP contribution is -2.66. The summed E-state index contributed by atoms with van der Waals surface area (Å²) >= 11 is 0. The molecule has 2 rings (SSSR count). The molecule has 1 heterocycles. The van der Waals surface area contributed by atoms with Gasteiger partial charge in [-0.25, -0.2) is 0 Å². The van der Waals surface area contributed by atoms with Crippen molar-refractivity contribution in [1.29, 1.82) is 0 Å². The molecule has 1 aliphatic heterocycles. The van der Waals surface area contributed by atoms with E-state index >= 15 is 0 Å². The van der Waals surface area contributed by atoms with Gasteiger partial charge >= 0.3 is 17.0 Å². The van der Waals surface area contributed by atoms with Gasteiger partial charge in [0, 0.05) is 42.7 Å². The minimum Gasteiger partial charge on any atom is -0.260 e. The lowest BCUT2D eigenvalue weighted by atomic mass is 9.86. The molecule has 1 aromatic carbocycles. The standard InChI is InChI=1S/C11H15N3O2/c1-10(2)11(3,12)14(16)9-7-5-4-6-8(9)13(10)15/h4-7H,12H2,1-3H3/q+2. The SMILES string of the molecule is CC1(C)[N+](=O)c2ccccc2[N+](=O)C1(C)N. The minimum atomic E-state index is -1.26. The fourth-order valence-electron chi connectivity index (χ4n) is 1.81. The zero-order chi connectivity index (χ0) is 12.1. The van der Waals surface area contributed by atoms with Gasteiger partial charge in [-0.15, -0.1) is 0 Å². The average Bonchev–Trinajstić information content (AvgIpc) is 2.25. The van der Waals surface area contributed by atoms with Crippen LogP contribution >= 0.6 is 0 Å². The number of nitrogens with two attached hydrogens (primary N) is 1. The van der Waals surface area contributed by atoms with Crippen LogP contribution in [-0.4, -0.2) is 20.7 Å². The Hall–Kier alpha value is -1.62. The highest BCUT2D eigenvalue weighted by molar-refractivity contribution is 5.53. The maximum absolute atomic E-state index is 12.2. The van der Waals surface area contributed by atoms with Gasteiger partial charge in [-0.05, 0) is 0 Å². The van der Waals surface area contributed by atoms with Gasteiger partial charge in [0.15, 0.2) is 0 Å². The highest BCUT2D eigenvalue weighted by atomic mass is 16.3. The molecule has 0 radical (unpaired) electrons. The van der Waals surface area contributed by atoms with Gasteiger partial charge < -0.3 is 0 Å². The van der Waals surface area contributed by atoms with E-state index in [0.29, 0.717) is 11.4 Å². The van der Waals surface area contributed by atoms with Crippen LogP contribution in [0.2, 0.25) is 0 Å². The first kappa shape index (κ1) is 10.9. The van der Waals surface area contributed by atoms with Crippen LogP contribution in [0.5, 0.6) is 0 Å². The second-order valence-corrected chi connectivity index (χ2v) is 4.78. The summed E-state index contributed by atoms with van der Waals surface area (Å²) in [5, 5.41) is 0. The Morgan fingerprint density at radius 2 is 1.44 bits per heavy atom. The van der Waals surface area contributed by atoms with Crippen molar-refractivity contribution < 1.29 is 9.52 Å². The average molecular weight is 221 g/mol. The lowest BCUT2D eigenvalue weighted by Gasteiger charge is -2.28. The van der Waals surface area contributed by atoms with E-state index in [-0.39, 0.29) is 0 Å². The number of nitroso groups, excluding NO2 is 2. The summed E-state index contributed by atoms with van der Waals surface area (Å²) in [6, 6.07) is 6.68. The third-order valence-corrected chi connectivity index (χ3v) is 3.49. The van der Waals surface area contributed by atoms with Crippen LogP contribution in [0.25, 0.3) is 0 Å². The molecular weight excluding hydrogens is 206 g/mol. The summed E-state index contributed by atoms with van der Waals surface area (Å²) in [7, 11) is 0. The molecule has 0 amide bonds.